The van der Waals surface area contributed by atoms with E-state index in [1.807, 2.05) is 6.92 Å². The molecule has 0 saturated heterocycles. The van der Waals surface area contributed by atoms with E-state index in [0.717, 1.165) is 9.87 Å². The molecule has 0 bridgehead atoms. The Hall–Kier alpha value is -2.25. The summed E-state index contributed by atoms with van der Waals surface area (Å²) in [5, 5.41) is 3.66. The van der Waals surface area contributed by atoms with Crippen molar-refractivity contribution in [2.45, 2.75) is 18.7 Å². The van der Waals surface area contributed by atoms with Crippen molar-refractivity contribution in [2.75, 3.05) is 16.2 Å². The lowest BCUT2D eigenvalue weighted by Gasteiger charge is -2.24. The number of aryl methyl sites for hydroxylation is 1. The molecular formula is C22H19Cl3N2O3S. The number of hydrogen-bond donors (Lipinski definition) is 1. The number of hydrogen-bond acceptors (Lipinski definition) is 3. The molecule has 3 aromatic rings. The fourth-order valence-corrected chi connectivity index (χ4v) is 4.74. The van der Waals surface area contributed by atoms with Crippen molar-refractivity contribution in [3.63, 3.8) is 0 Å². The van der Waals surface area contributed by atoms with E-state index in [1.165, 1.54) is 30.3 Å². The lowest BCUT2D eigenvalue weighted by molar-refractivity contribution is -0.114. The third kappa shape index (κ3) is 5.33. The van der Waals surface area contributed by atoms with Gasteiger partial charge in [0.2, 0.25) is 5.91 Å². The van der Waals surface area contributed by atoms with Crippen LogP contribution < -0.4 is 9.62 Å². The van der Waals surface area contributed by atoms with Crippen LogP contribution in [-0.4, -0.2) is 20.9 Å². The van der Waals surface area contributed by atoms with Gasteiger partial charge in [0.05, 0.1) is 20.6 Å². The van der Waals surface area contributed by atoms with Crippen molar-refractivity contribution in [3.05, 3.63) is 86.9 Å². The van der Waals surface area contributed by atoms with Crippen molar-refractivity contribution < 1.29 is 13.2 Å². The van der Waals surface area contributed by atoms with Crippen molar-refractivity contribution >= 4 is 62.1 Å². The molecule has 0 heterocycles. The minimum atomic E-state index is -4.06. The van der Waals surface area contributed by atoms with E-state index in [0.29, 0.717) is 16.3 Å². The van der Waals surface area contributed by atoms with Crippen LogP contribution in [-0.2, 0) is 14.8 Å². The molecule has 0 atom stereocenters. The number of carbonyl (C=O) groups is 1. The summed E-state index contributed by atoms with van der Waals surface area (Å²) in [6, 6.07) is 15.9. The lowest BCUT2D eigenvalue weighted by Crippen LogP contribution is -2.38. The maximum Gasteiger partial charge on any atom is 0.264 e. The average molecular weight is 498 g/mol. The second-order valence-corrected chi connectivity index (χ2v) is 9.97. The maximum atomic E-state index is 13.4. The highest BCUT2D eigenvalue weighted by Gasteiger charge is 2.28. The number of nitrogens with one attached hydrogen (secondary N) is 1. The van der Waals surface area contributed by atoms with Gasteiger partial charge in [0.25, 0.3) is 10.0 Å². The molecule has 3 aromatic carbocycles. The number of sulfonamides is 1. The van der Waals surface area contributed by atoms with E-state index in [1.54, 1.807) is 37.3 Å². The predicted octanol–water partition coefficient (Wildman–Crippen LogP) is 6.10. The fraction of sp³-hybridized carbons (Fsp3) is 0.136. The predicted molar refractivity (Wildman–Crippen MR) is 127 cm³/mol. The molecule has 1 amide bonds. The van der Waals surface area contributed by atoms with Gasteiger partial charge in [-0.15, -0.1) is 0 Å². The Morgan fingerprint density at radius 3 is 2.23 bits per heavy atom. The molecule has 0 spiro atoms. The molecule has 31 heavy (non-hydrogen) atoms. The molecule has 0 aliphatic heterocycles. The van der Waals surface area contributed by atoms with Gasteiger partial charge in [-0.25, -0.2) is 8.42 Å². The van der Waals surface area contributed by atoms with Crippen LogP contribution in [0.3, 0.4) is 0 Å². The zero-order valence-electron chi connectivity index (χ0n) is 16.7. The minimum absolute atomic E-state index is 0.0518. The number of carbonyl (C=O) groups excluding carboxylic acids is 1. The van der Waals surface area contributed by atoms with E-state index < -0.39 is 22.5 Å². The zero-order valence-corrected chi connectivity index (χ0v) is 19.8. The van der Waals surface area contributed by atoms with Crippen LogP contribution in [0, 0.1) is 13.8 Å². The smallest absolute Gasteiger partial charge is 0.264 e. The molecule has 1 N–H and O–H groups in total. The van der Waals surface area contributed by atoms with E-state index in [9.17, 15) is 13.2 Å². The highest BCUT2D eigenvalue weighted by atomic mass is 35.5. The van der Waals surface area contributed by atoms with Gasteiger partial charge in [0, 0.05) is 10.7 Å². The van der Waals surface area contributed by atoms with Crippen LogP contribution in [0.15, 0.2) is 65.6 Å². The van der Waals surface area contributed by atoms with Gasteiger partial charge in [0.15, 0.2) is 0 Å². The summed E-state index contributed by atoms with van der Waals surface area (Å²) >= 11 is 18.2. The lowest BCUT2D eigenvalue weighted by atomic mass is 10.2. The Morgan fingerprint density at radius 1 is 0.903 bits per heavy atom. The summed E-state index contributed by atoms with van der Waals surface area (Å²) in [6.07, 6.45) is 0. The molecule has 3 rings (SSSR count). The Morgan fingerprint density at radius 2 is 1.58 bits per heavy atom. The summed E-state index contributed by atoms with van der Waals surface area (Å²) in [7, 11) is -4.06. The molecule has 162 valence electrons. The topological polar surface area (TPSA) is 66.5 Å². The Balaban J connectivity index is 1.99. The van der Waals surface area contributed by atoms with Crippen LogP contribution in [0.5, 0.6) is 0 Å². The van der Waals surface area contributed by atoms with Crippen LogP contribution in [0.4, 0.5) is 11.4 Å². The van der Waals surface area contributed by atoms with Crippen LogP contribution in [0.1, 0.15) is 11.1 Å². The number of benzene rings is 3. The maximum absolute atomic E-state index is 13.4. The molecule has 0 unspecified atom stereocenters. The average Bonchev–Trinajstić information content (AvgIpc) is 2.72. The fourth-order valence-electron chi connectivity index (χ4n) is 2.86. The number of amides is 1. The second kappa shape index (κ2) is 9.49. The first kappa shape index (κ1) is 23.4. The number of halogens is 3. The number of rotatable bonds is 6. The molecule has 0 aliphatic rings. The third-order valence-electron chi connectivity index (χ3n) is 4.63. The molecule has 0 aromatic heterocycles. The number of anilines is 2. The van der Waals surface area contributed by atoms with Gasteiger partial charge in [0.1, 0.15) is 6.54 Å². The summed E-state index contributed by atoms with van der Waals surface area (Å²) < 4.78 is 27.8. The van der Waals surface area contributed by atoms with Crippen LogP contribution >= 0.6 is 34.8 Å². The normalized spacial score (nSPS) is 11.3. The van der Waals surface area contributed by atoms with Crippen LogP contribution in [0.25, 0.3) is 0 Å². The Labute approximate surface area is 196 Å². The van der Waals surface area contributed by atoms with Gasteiger partial charge >= 0.3 is 0 Å². The van der Waals surface area contributed by atoms with E-state index in [-0.39, 0.29) is 20.6 Å². The van der Waals surface area contributed by atoms with E-state index in [4.69, 9.17) is 34.8 Å². The van der Waals surface area contributed by atoms with Crippen molar-refractivity contribution in [2.24, 2.45) is 0 Å². The highest BCUT2D eigenvalue weighted by Crippen LogP contribution is 2.31. The zero-order chi connectivity index (χ0) is 22.8. The summed E-state index contributed by atoms with van der Waals surface area (Å²) in [5.74, 6) is -0.535. The van der Waals surface area contributed by atoms with Gasteiger partial charge in [-0.2, -0.15) is 0 Å². The first-order valence-electron chi connectivity index (χ1n) is 9.19. The molecule has 9 heteroatoms. The number of nitrogens with zero attached hydrogens (tertiary/aromatic N) is 1. The molecule has 0 aliphatic carbocycles. The van der Waals surface area contributed by atoms with Crippen molar-refractivity contribution in [3.8, 4) is 0 Å². The minimum Gasteiger partial charge on any atom is -0.324 e. The molecule has 5 nitrogen and oxygen atoms in total. The van der Waals surface area contributed by atoms with E-state index >= 15 is 0 Å². The van der Waals surface area contributed by atoms with Crippen molar-refractivity contribution in [1.29, 1.82) is 0 Å². The first-order valence-corrected chi connectivity index (χ1v) is 11.8. The van der Waals surface area contributed by atoms with Gasteiger partial charge in [-0.1, -0.05) is 58.6 Å². The molecular weight excluding hydrogens is 479 g/mol. The van der Waals surface area contributed by atoms with Crippen molar-refractivity contribution in [1.82, 2.24) is 0 Å². The first-order chi connectivity index (χ1) is 14.6. The van der Waals surface area contributed by atoms with Gasteiger partial charge in [-0.05, 0) is 61.9 Å². The molecule has 0 fully saturated rings. The third-order valence-corrected chi connectivity index (χ3v) is 7.57. The largest absolute Gasteiger partial charge is 0.324 e. The quantitative estimate of drug-likeness (QED) is 0.447. The summed E-state index contributed by atoms with van der Waals surface area (Å²) in [5.41, 5.74) is 2.31. The highest BCUT2D eigenvalue weighted by molar-refractivity contribution is 7.92. The monoisotopic (exact) mass is 496 g/mol. The Kier molecular flexibility index (Phi) is 7.17. The second-order valence-electron chi connectivity index (χ2n) is 6.88. The van der Waals surface area contributed by atoms with Gasteiger partial charge < -0.3 is 5.32 Å². The molecule has 0 radical (unpaired) electrons. The van der Waals surface area contributed by atoms with E-state index in [2.05, 4.69) is 5.32 Å². The van der Waals surface area contributed by atoms with Gasteiger partial charge in [-0.3, -0.25) is 9.10 Å². The SMILES string of the molecule is Cc1ccc(S(=O)(=O)N(CC(=O)Nc2cccc(Cl)c2C)c2ccc(Cl)c(Cl)c2)cc1. The molecule has 0 saturated carbocycles. The summed E-state index contributed by atoms with van der Waals surface area (Å²) in [4.78, 5) is 12.9. The summed E-state index contributed by atoms with van der Waals surface area (Å²) in [6.45, 7) is 3.14. The standard InChI is InChI=1S/C22H19Cl3N2O3S/c1-14-6-9-17(10-7-14)31(29,30)27(16-8-11-19(24)20(25)12-16)13-22(28)26-21-5-3-4-18(23)15(21)2/h3-12H,13H2,1-2H3,(H,26,28). The van der Waals surface area contributed by atoms with Crippen LogP contribution in [0.2, 0.25) is 15.1 Å². The Bertz CT molecular complexity index is 1230.